The maximum Gasteiger partial charge on any atom is 0.0857 e. The van der Waals surface area contributed by atoms with Crippen LogP contribution in [0.3, 0.4) is 0 Å². The van der Waals surface area contributed by atoms with Crippen molar-refractivity contribution in [2.24, 2.45) is 5.92 Å². The average molecular weight is 283 g/mol. The molecule has 19 heavy (non-hydrogen) atoms. The molecule has 0 bridgehead atoms. The predicted molar refractivity (Wildman–Crippen MR) is 89.3 cm³/mol. The van der Waals surface area contributed by atoms with Gasteiger partial charge in [-0.25, -0.2) is 0 Å². The number of rotatable bonds is 9. The van der Waals surface area contributed by atoms with Crippen molar-refractivity contribution in [3.8, 4) is 0 Å². The zero-order valence-electron chi connectivity index (χ0n) is 14.2. The van der Waals surface area contributed by atoms with Crippen LogP contribution in [0.1, 0.15) is 53.4 Å². The maximum atomic E-state index is 6.01. The van der Waals surface area contributed by atoms with Gasteiger partial charge in [-0.1, -0.05) is 46.8 Å². The molecule has 112 valence electrons. The van der Waals surface area contributed by atoms with Crippen LogP contribution in [0.15, 0.2) is 17.0 Å². The molecule has 2 heteroatoms. The first kappa shape index (κ1) is 18.7. The topological polar surface area (TPSA) is 9.23 Å². The van der Waals surface area contributed by atoms with E-state index in [9.17, 15) is 0 Å². The molecule has 0 saturated carbocycles. The summed E-state index contributed by atoms with van der Waals surface area (Å²) >= 11 is 0. The van der Waals surface area contributed by atoms with Crippen LogP contribution >= 0.6 is 0 Å². The second-order valence-electron chi connectivity index (χ2n) is 6.73. The third-order valence-corrected chi connectivity index (χ3v) is 5.23. The molecule has 0 N–H and O–H groups in total. The van der Waals surface area contributed by atoms with E-state index in [0.29, 0.717) is 5.92 Å². The molecule has 0 spiro atoms. The zero-order chi connectivity index (χ0) is 14.9. The molecule has 0 aliphatic carbocycles. The Labute approximate surface area is 122 Å². The summed E-state index contributed by atoms with van der Waals surface area (Å²) in [6.45, 7) is 16.9. The smallest absolute Gasteiger partial charge is 0.0857 e. The lowest BCUT2D eigenvalue weighted by Gasteiger charge is -2.28. The molecule has 0 aromatic carbocycles. The molecule has 1 nitrogen and oxygen atoms in total. The highest BCUT2D eigenvalue weighted by molar-refractivity contribution is 6.83. The van der Waals surface area contributed by atoms with Gasteiger partial charge in [-0.3, -0.25) is 0 Å². The second-order valence-corrected chi connectivity index (χ2v) is 11.8. The first-order valence-corrected chi connectivity index (χ1v) is 11.4. The summed E-state index contributed by atoms with van der Waals surface area (Å²) in [5.41, 5.74) is 3.61. The summed E-state index contributed by atoms with van der Waals surface area (Å²) in [6.07, 6.45) is 7.28. The quantitative estimate of drug-likeness (QED) is 0.304. The summed E-state index contributed by atoms with van der Waals surface area (Å²) in [7, 11) is -1.36. The highest BCUT2D eigenvalue weighted by Gasteiger charge is 2.27. The summed E-state index contributed by atoms with van der Waals surface area (Å²) in [6, 6.07) is 0. The van der Waals surface area contributed by atoms with Crippen LogP contribution in [0, 0.1) is 5.92 Å². The normalized spacial score (nSPS) is 13.3. The van der Waals surface area contributed by atoms with Crippen LogP contribution in [-0.2, 0) is 4.74 Å². The van der Waals surface area contributed by atoms with Gasteiger partial charge in [0.1, 0.15) is 0 Å². The fraction of sp³-hybridized carbons (Fsp3) is 0.824. The molecule has 0 aromatic rings. The Hall–Kier alpha value is -0.303. The number of hydrogen-bond acceptors (Lipinski definition) is 1. The van der Waals surface area contributed by atoms with Gasteiger partial charge < -0.3 is 4.74 Å². The number of ether oxygens (including phenoxy) is 1. The van der Waals surface area contributed by atoms with Gasteiger partial charge in [-0.2, -0.15) is 0 Å². The third kappa shape index (κ3) is 8.46. The van der Waals surface area contributed by atoms with E-state index in [0.717, 1.165) is 19.4 Å². The lowest BCUT2D eigenvalue weighted by atomic mass is 10.1. The van der Waals surface area contributed by atoms with E-state index in [1.807, 2.05) is 0 Å². The van der Waals surface area contributed by atoms with E-state index in [2.05, 4.69) is 59.1 Å². The molecule has 1 atom stereocenters. The molecular formula is C17H34OSi. The highest BCUT2D eigenvalue weighted by Crippen LogP contribution is 2.24. The fourth-order valence-electron chi connectivity index (χ4n) is 2.18. The van der Waals surface area contributed by atoms with Gasteiger partial charge in [0.15, 0.2) is 0 Å². The monoisotopic (exact) mass is 282 g/mol. The fourth-order valence-corrected chi connectivity index (χ4v) is 3.88. The average Bonchev–Trinajstić information content (AvgIpc) is 2.26. The largest absolute Gasteiger partial charge is 0.374 e. The first-order chi connectivity index (χ1) is 8.82. The molecule has 1 unspecified atom stereocenters. The van der Waals surface area contributed by atoms with Crippen molar-refractivity contribution < 1.29 is 4.74 Å². The van der Waals surface area contributed by atoms with Gasteiger partial charge in [0.2, 0.25) is 0 Å². The first-order valence-electron chi connectivity index (χ1n) is 7.90. The molecule has 0 fully saturated rings. The Morgan fingerprint density at radius 2 is 1.84 bits per heavy atom. The van der Waals surface area contributed by atoms with Gasteiger partial charge >= 0.3 is 0 Å². The minimum absolute atomic E-state index is 0.273. The second kappa shape index (κ2) is 9.58. The van der Waals surface area contributed by atoms with Gasteiger partial charge in [0, 0.05) is 6.61 Å². The van der Waals surface area contributed by atoms with E-state index in [1.165, 1.54) is 18.0 Å². The molecule has 0 amide bonds. The van der Waals surface area contributed by atoms with Crippen LogP contribution in [-0.4, -0.2) is 20.8 Å². The summed E-state index contributed by atoms with van der Waals surface area (Å²) in [4.78, 5) is 0. The van der Waals surface area contributed by atoms with E-state index in [1.54, 1.807) is 0 Å². The van der Waals surface area contributed by atoms with Crippen molar-refractivity contribution in [2.75, 3.05) is 6.61 Å². The Kier molecular flexibility index (Phi) is 9.42. The van der Waals surface area contributed by atoms with Crippen molar-refractivity contribution >= 4 is 8.07 Å². The van der Waals surface area contributed by atoms with Gasteiger partial charge in [-0.15, -0.1) is 5.73 Å². The number of unbranched alkanes of at least 4 members (excludes halogenated alkanes) is 2. The molecule has 0 aromatic heterocycles. The van der Waals surface area contributed by atoms with E-state index >= 15 is 0 Å². The van der Waals surface area contributed by atoms with Crippen molar-refractivity contribution in [1.29, 1.82) is 0 Å². The van der Waals surface area contributed by atoms with E-state index < -0.39 is 8.07 Å². The van der Waals surface area contributed by atoms with Crippen LogP contribution in [0.5, 0.6) is 0 Å². The third-order valence-electron chi connectivity index (χ3n) is 3.14. The Balaban J connectivity index is 5.12. The minimum Gasteiger partial charge on any atom is -0.374 e. The molecule has 0 heterocycles. The zero-order valence-corrected chi connectivity index (χ0v) is 15.2. The van der Waals surface area contributed by atoms with Crippen molar-refractivity contribution in [3.05, 3.63) is 17.0 Å². The lowest BCUT2D eigenvalue weighted by Crippen LogP contribution is -2.34. The Morgan fingerprint density at radius 3 is 2.26 bits per heavy atom. The van der Waals surface area contributed by atoms with Gasteiger partial charge in [-0.05, 0) is 43.4 Å². The van der Waals surface area contributed by atoms with E-state index in [-0.39, 0.29) is 6.10 Å². The van der Waals surface area contributed by atoms with Crippen LogP contribution in [0.25, 0.3) is 0 Å². The molecule has 0 radical (unpaired) electrons. The van der Waals surface area contributed by atoms with Crippen molar-refractivity contribution in [2.45, 2.75) is 79.1 Å². The Bertz CT molecular complexity index is 293. The minimum atomic E-state index is -1.36. The molecule has 0 aliphatic rings. The van der Waals surface area contributed by atoms with Crippen LogP contribution < -0.4 is 0 Å². The maximum absolute atomic E-state index is 6.01. The molecule has 0 saturated heterocycles. The molecule has 0 rings (SSSR count). The summed E-state index contributed by atoms with van der Waals surface area (Å²) in [5.74, 6) is 0.667. The standard InChI is InChI=1S/C17H34OSi/c1-8-10-11-12-13-17(19(5,6)7)16(18-9-2)14-15(3)4/h12,15-16H,8-11,14H2,1-7H3. The highest BCUT2D eigenvalue weighted by atomic mass is 28.3. The summed E-state index contributed by atoms with van der Waals surface area (Å²) in [5, 5.41) is 1.46. The SMILES string of the molecule is CCCCC=C=C(C(CC(C)C)OCC)[Si](C)(C)C. The summed E-state index contributed by atoms with van der Waals surface area (Å²) < 4.78 is 6.01. The number of hydrogen-bond donors (Lipinski definition) is 0. The van der Waals surface area contributed by atoms with Crippen molar-refractivity contribution in [1.82, 2.24) is 0 Å². The van der Waals surface area contributed by atoms with E-state index in [4.69, 9.17) is 4.74 Å². The Morgan fingerprint density at radius 1 is 1.21 bits per heavy atom. The predicted octanol–water partition coefficient (Wildman–Crippen LogP) is 5.59. The van der Waals surface area contributed by atoms with Gasteiger partial charge in [0.05, 0.1) is 14.2 Å². The van der Waals surface area contributed by atoms with Gasteiger partial charge in [0.25, 0.3) is 0 Å². The lowest BCUT2D eigenvalue weighted by molar-refractivity contribution is 0.0775. The van der Waals surface area contributed by atoms with Crippen LogP contribution in [0.4, 0.5) is 0 Å². The molecule has 0 aliphatic heterocycles. The molecular weight excluding hydrogens is 248 g/mol. The van der Waals surface area contributed by atoms with Crippen LogP contribution in [0.2, 0.25) is 19.6 Å². The van der Waals surface area contributed by atoms with Crippen molar-refractivity contribution in [3.63, 3.8) is 0 Å².